The van der Waals surface area contributed by atoms with Crippen molar-refractivity contribution < 1.29 is 9.53 Å². The van der Waals surface area contributed by atoms with Gasteiger partial charge in [-0.05, 0) is 18.6 Å². The van der Waals surface area contributed by atoms with Crippen LogP contribution in [0.3, 0.4) is 0 Å². The lowest BCUT2D eigenvalue weighted by Gasteiger charge is -2.07. The lowest BCUT2D eigenvalue weighted by molar-refractivity contribution is 0.0995. The molecule has 1 amide bonds. The number of pyridine rings is 1. The van der Waals surface area contributed by atoms with E-state index < -0.39 is 5.91 Å². The molecule has 0 saturated heterocycles. The summed E-state index contributed by atoms with van der Waals surface area (Å²) in [7, 11) is 0. The summed E-state index contributed by atoms with van der Waals surface area (Å²) in [5.74, 6) is -0.158. The van der Waals surface area contributed by atoms with Crippen molar-refractivity contribution in [2.24, 2.45) is 5.73 Å². The van der Waals surface area contributed by atoms with Gasteiger partial charge < -0.3 is 10.5 Å². The Bertz CT molecular complexity index is 353. The maximum absolute atomic E-state index is 11.1. The molecule has 4 heteroatoms. The summed E-state index contributed by atoms with van der Waals surface area (Å²) in [6.07, 6.45) is 7.44. The molecule has 1 aromatic rings. The van der Waals surface area contributed by atoms with E-state index in [0.29, 0.717) is 18.1 Å². The zero-order valence-electron chi connectivity index (χ0n) is 10.3. The molecule has 0 aromatic carbocycles. The smallest absolute Gasteiger partial charge is 0.254 e. The number of unbranched alkanes of at least 4 members (excludes halogenated alkanes) is 4. The highest BCUT2D eigenvalue weighted by Gasteiger charge is 2.09. The third-order valence-corrected chi connectivity index (χ3v) is 2.52. The first-order chi connectivity index (χ1) is 8.25. The first-order valence-corrected chi connectivity index (χ1v) is 6.13. The van der Waals surface area contributed by atoms with Gasteiger partial charge in [0.15, 0.2) is 0 Å². The summed E-state index contributed by atoms with van der Waals surface area (Å²) < 4.78 is 5.47. The van der Waals surface area contributed by atoms with Crippen molar-refractivity contribution in [3.63, 3.8) is 0 Å². The average molecular weight is 236 g/mol. The van der Waals surface area contributed by atoms with Gasteiger partial charge in [-0.1, -0.05) is 32.6 Å². The molecule has 0 aliphatic rings. The summed E-state index contributed by atoms with van der Waals surface area (Å²) in [6.45, 7) is 2.77. The number of hydrogen-bond donors (Lipinski definition) is 1. The molecule has 1 aromatic heterocycles. The lowest BCUT2D eigenvalue weighted by atomic mass is 10.2. The Morgan fingerprint density at radius 1 is 1.35 bits per heavy atom. The number of nitrogens with zero attached hydrogens (tertiary/aromatic N) is 1. The SMILES string of the molecule is CCCCCCCOc1ncccc1C(N)=O. The molecule has 0 spiro atoms. The number of primary amides is 1. The highest BCUT2D eigenvalue weighted by Crippen LogP contribution is 2.14. The minimum absolute atomic E-state index is 0.343. The number of nitrogens with two attached hydrogens (primary N) is 1. The fourth-order valence-corrected chi connectivity index (χ4v) is 1.57. The number of carbonyl (C=O) groups excluding carboxylic acids is 1. The fraction of sp³-hybridized carbons (Fsp3) is 0.538. The van der Waals surface area contributed by atoms with E-state index in [9.17, 15) is 4.79 Å². The molecule has 0 aliphatic heterocycles. The molecular formula is C13H20N2O2. The Kier molecular flexibility index (Phi) is 6.07. The summed E-state index contributed by atoms with van der Waals surface area (Å²) in [5, 5.41) is 0. The van der Waals surface area contributed by atoms with E-state index in [-0.39, 0.29) is 0 Å². The Labute approximate surface area is 102 Å². The van der Waals surface area contributed by atoms with Crippen LogP contribution < -0.4 is 10.5 Å². The van der Waals surface area contributed by atoms with E-state index in [4.69, 9.17) is 10.5 Å². The number of rotatable bonds is 8. The van der Waals surface area contributed by atoms with E-state index in [1.807, 2.05) is 0 Å². The normalized spacial score (nSPS) is 10.2. The van der Waals surface area contributed by atoms with Gasteiger partial charge in [0.25, 0.3) is 5.91 Å². The molecule has 1 heterocycles. The molecule has 17 heavy (non-hydrogen) atoms. The van der Waals surface area contributed by atoms with Gasteiger partial charge in [-0.25, -0.2) is 4.98 Å². The van der Waals surface area contributed by atoms with Crippen LogP contribution in [-0.4, -0.2) is 17.5 Å². The molecule has 0 saturated carbocycles. The van der Waals surface area contributed by atoms with Crippen molar-refractivity contribution in [3.05, 3.63) is 23.9 Å². The minimum Gasteiger partial charge on any atom is -0.477 e. The second-order valence-corrected chi connectivity index (χ2v) is 3.98. The quantitative estimate of drug-likeness (QED) is 0.705. The molecule has 0 aliphatic carbocycles. The van der Waals surface area contributed by atoms with E-state index in [2.05, 4.69) is 11.9 Å². The Hall–Kier alpha value is -1.58. The van der Waals surface area contributed by atoms with E-state index in [0.717, 1.165) is 12.8 Å². The highest BCUT2D eigenvalue weighted by atomic mass is 16.5. The van der Waals surface area contributed by atoms with Crippen molar-refractivity contribution in [1.29, 1.82) is 0 Å². The number of hydrogen-bond acceptors (Lipinski definition) is 3. The van der Waals surface area contributed by atoms with Gasteiger partial charge in [0.2, 0.25) is 5.88 Å². The van der Waals surface area contributed by atoms with Gasteiger partial charge in [-0.15, -0.1) is 0 Å². The van der Waals surface area contributed by atoms with Crippen LogP contribution in [-0.2, 0) is 0 Å². The van der Waals surface area contributed by atoms with Crippen molar-refractivity contribution in [3.8, 4) is 5.88 Å². The molecule has 0 radical (unpaired) electrons. The monoisotopic (exact) mass is 236 g/mol. The van der Waals surface area contributed by atoms with Gasteiger partial charge in [0.05, 0.1) is 6.61 Å². The molecular weight excluding hydrogens is 216 g/mol. The molecule has 1 rings (SSSR count). The van der Waals surface area contributed by atoms with Gasteiger partial charge >= 0.3 is 0 Å². The Morgan fingerprint density at radius 2 is 2.12 bits per heavy atom. The standard InChI is InChI=1S/C13H20N2O2/c1-2-3-4-5-6-10-17-13-11(12(14)16)8-7-9-15-13/h7-9H,2-6,10H2,1H3,(H2,14,16). The fourth-order valence-electron chi connectivity index (χ4n) is 1.57. The van der Waals surface area contributed by atoms with Crippen molar-refractivity contribution in [2.75, 3.05) is 6.61 Å². The number of aromatic nitrogens is 1. The van der Waals surface area contributed by atoms with E-state index in [1.165, 1.54) is 19.3 Å². The predicted octanol–water partition coefficient (Wildman–Crippen LogP) is 2.53. The summed E-state index contributed by atoms with van der Waals surface area (Å²) in [4.78, 5) is 15.1. The molecule has 0 atom stereocenters. The van der Waals surface area contributed by atoms with Crippen LogP contribution in [0.4, 0.5) is 0 Å². The zero-order chi connectivity index (χ0) is 12.5. The second-order valence-electron chi connectivity index (χ2n) is 3.98. The second kappa shape index (κ2) is 7.65. The number of ether oxygens (including phenoxy) is 1. The maximum atomic E-state index is 11.1. The van der Waals surface area contributed by atoms with Gasteiger partial charge in [0.1, 0.15) is 5.56 Å². The highest BCUT2D eigenvalue weighted by molar-refractivity contribution is 5.94. The molecule has 2 N–H and O–H groups in total. The van der Waals surface area contributed by atoms with Crippen LogP contribution in [0, 0.1) is 0 Å². The van der Waals surface area contributed by atoms with Crippen LogP contribution in [0.2, 0.25) is 0 Å². The van der Waals surface area contributed by atoms with Gasteiger partial charge in [-0.2, -0.15) is 0 Å². The predicted molar refractivity (Wildman–Crippen MR) is 67.0 cm³/mol. The molecule has 94 valence electrons. The summed E-state index contributed by atoms with van der Waals surface area (Å²) in [5.41, 5.74) is 5.57. The van der Waals surface area contributed by atoms with Crippen LogP contribution in [0.5, 0.6) is 5.88 Å². The minimum atomic E-state index is -0.501. The van der Waals surface area contributed by atoms with Crippen molar-refractivity contribution in [2.45, 2.75) is 39.0 Å². The molecule has 0 bridgehead atoms. The van der Waals surface area contributed by atoms with Gasteiger partial charge in [0, 0.05) is 6.20 Å². The van der Waals surface area contributed by atoms with Crippen molar-refractivity contribution in [1.82, 2.24) is 4.98 Å². The molecule has 0 fully saturated rings. The number of amides is 1. The maximum Gasteiger partial charge on any atom is 0.254 e. The van der Waals surface area contributed by atoms with E-state index in [1.54, 1.807) is 18.3 Å². The van der Waals surface area contributed by atoms with Crippen LogP contribution in [0.25, 0.3) is 0 Å². The van der Waals surface area contributed by atoms with Crippen LogP contribution >= 0.6 is 0 Å². The zero-order valence-corrected chi connectivity index (χ0v) is 10.3. The molecule has 4 nitrogen and oxygen atoms in total. The first kappa shape index (κ1) is 13.5. The van der Waals surface area contributed by atoms with Crippen molar-refractivity contribution >= 4 is 5.91 Å². The topological polar surface area (TPSA) is 65.2 Å². The summed E-state index contributed by atoms with van der Waals surface area (Å²) >= 11 is 0. The van der Waals surface area contributed by atoms with Crippen LogP contribution in [0.15, 0.2) is 18.3 Å². The first-order valence-electron chi connectivity index (χ1n) is 6.13. The summed E-state index contributed by atoms with van der Waals surface area (Å²) in [6, 6.07) is 3.30. The average Bonchev–Trinajstić information content (AvgIpc) is 2.34. The Morgan fingerprint density at radius 3 is 2.82 bits per heavy atom. The number of carbonyl (C=O) groups is 1. The lowest BCUT2D eigenvalue weighted by Crippen LogP contribution is -2.14. The van der Waals surface area contributed by atoms with E-state index >= 15 is 0 Å². The third-order valence-electron chi connectivity index (χ3n) is 2.52. The van der Waals surface area contributed by atoms with Crippen LogP contribution in [0.1, 0.15) is 49.4 Å². The molecule has 0 unspecified atom stereocenters. The third kappa shape index (κ3) is 4.85. The largest absolute Gasteiger partial charge is 0.477 e. The van der Waals surface area contributed by atoms with Gasteiger partial charge in [-0.3, -0.25) is 4.79 Å². The Balaban J connectivity index is 2.34.